The molecule has 0 aliphatic rings. The van der Waals surface area contributed by atoms with E-state index in [-0.39, 0.29) is 0 Å². The van der Waals surface area contributed by atoms with Gasteiger partial charge in [0.1, 0.15) is 11.5 Å². The smallest absolute Gasteiger partial charge is 0.118 e. The summed E-state index contributed by atoms with van der Waals surface area (Å²) in [7, 11) is 3.42. The number of methoxy groups -OCH3 is 2. The van der Waals surface area contributed by atoms with Crippen LogP contribution in [0.1, 0.15) is 50.7 Å². The highest BCUT2D eigenvalue weighted by molar-refractivity contribution is 5.28. The summed E-state index contributed by atoms with van der Waals surface area (Å²) in [6, 6.07) is 18.0. The number of hydrogen-bond acceptors (Lipinski definition) is 4. The lowest BCUT2D eigenvalue weighted by atomic mass is 10.0. The van der Waals surface area contributed by atoms with Crippen LogP contribution in [0.15, 0.2) is 48.5 Å². The van der Waals surface area contributed by atoms with E-state index in [1.807, 2.05) is 24.3 Å². The van der Waals surface area contributed by atoms with Crippen LogP contribution in [0.3, 0.4) is 0 Å². The van der Waals surface area contributed by atoms with E-state index in [4.69, 9.17) is 9.47 Å². The maximum Gasteiger partial charge on any atom is 0.118 e. The number of nitrogens with one attached hydrogen (secondary N) is 2. The average molecular weight is 413 g/mol. The molecule has 2 rings (SSSR count). The van der Waals surface area contributed by atoms with Crippen LogP contribution in [0.2, 0.25) is 0 Å². The Balaban J connectivity index is 1.63. The van der Waals surface area contributed by atoms with Crippen molar-refractivity contribution in [3.05, 3.63) is 59.7 Å². The molecule has 0 aliphatic carbocycles. The lowest BCUT2D eigenvalue weighted by molar-refractivity contribution is 0.413. The van der Waals surface area contributed by atoms with Crippen molar-refractivity contribution in [3.63, 3.8) is 0 Å². The third-order valence-electron chi connectivity index (χ3n) is 5.86. The molecule has 4 heteroatoms. The molecule has 166 valence electrons. The molecule has 0 heterocycles. The summed E-state index contributed by atoms with van der Waals surface area (Å²) < 4.78 is 10.5. The Morgan fingerprint density at radius 1 is 0.633 bits per heavy atom. The molecule has 4 nitrogen and oxygen atoms in total. The number of ether oxygens (including phenoxy) is 2. The first-order chi connectivity index (χ1) is 14.7. The van der Waals surface area contributed by atoms with Gasteiger partial charge in [0, 0.05) is 25.2 Å². The highest BCUT2D eigenvalue weighted by Gasteiger charge is 2.08. The van der Waals surface area contributed by atoms with E-state index in [0.717, 1.165) is 63.1 Å². The second-order valence-electron chi connectivity index (χ2n) is 7.89. The van der Waals surface area contributed by atoms with Gasteiger partial charge in [-0.15, -0.1) is 0 Å². The van der Waals surface area contributed by atoms with Crippen molar-refractivity contribution in [1.29, 1.82) is 0 Å². The third kappa shape index (κ3) is 8.76. The van der Waals surface area contributed by atoms with Crippen LogP contribution in [0.5, 0.6) is 11.5 Å². The third-order valence-corrected chi connectivity index (χ3v) is 5.86. The summed E-state index contributed by atoms with van der Waals surface area (Å²) in [6.07, 6.45) is 6.84. The summed E-state index contributed by atoms with van der Waals surface area (Å²) in [4.78, 5) is 0. The van der Waals surface area contributed by atoms with Crippen molar-refractivity contribution >= 4 is 0 Å². The average Bonchev–Trinajstić information content (AvgIpc) is 2.81. The Morgan fingerprint density at radius 2 is 1.00 bits per heavy atom. The predicted molar refractivity (Wildman–Crippen MR) is 127 cm³/mol. The van der Waals surface area contributed by atoms with Gasteiger partial charge in [-0.05, 0) is 73.9 Å². The van der Waals surface area contributed by atoms with Gasteiger partial charge in [0.25, 0.3) is 0 Å². The number of benzene rings is 2. The molecule has 2 aromatic carbocycles. The summed E-state index contributed by atoms with van der Waals surface area (Å²) in [5, 5.41) is 7.45. The summed E-state index contributed by atoms with van der Waals surface area (Å²) in [5.41, 5.74) is 2.75. The van der Waals surface area contributed by atoms with Crippen LogP contribution in [-0.2, 0) is 12.8 Å². The van der Waals surface area contributed by atoms with Gasteiger partial charge in [0.2, 0.25) is 0 Å². The lowest BCUT2D eigenvalue weighted by Crippen LogP contribution is -2.38. The molecule has 0 spiro atoms. The number of rotatable bonds is 15. The molecular weight excluding hydrogens is 372 g/mol. The fraction of sp³-hybridized carbons (Fsp3) is 0.538. The van der Waals surface area contributed by atoms with Gasteiger partial charge >= 0.3 is 0 Å². The molecule has 0 aliphatic heterocycles. The highest BCUT2D eigenvalue weighted by Crippen LogP contribution is 2.15. The van der Waals surface area contributed by atoms with Gasteiger partial charge in [0.15, 0.2) is 0 Å². The van der Waals surface area contributed by atoms with Crippen molar-refractivity contribution in [3.8, 4) is 11.5 Å². The van der Waals surface area contributed by atoms with Crippen LogP contribution in [0.25, 0.3) is 0 Å². The maximum absolute atomic E-state index is 5.24. The zero-order valence-electron chi connectivity index (χ0n) is 19.2. The number of aryl methyl sites for hydroxylation is 2. The first-order valence-corrected chi connectivity index (χ1v) is 11.4. The zero-order valence-corrected chi connectivity index (χ0v) is 19.2. The van der Waals surface area contributed by atoms with Crippen molar-refractivity contribution < 1.29 is 9.47 Å². The summed E-state index contributed by atoms with van der Waals surface area (Å²) in [6.45, 7) is 6.56. The van der Waals surface area contributed by atoms with Crippen LogP contribution in [0.4, 0.5) is 0 Å². The van der Waals surface area contributed by atoms with Gasteiger partial charge in [-0.2, -0.15) is 0 Å². The predicted octanol–water partition coefficient (Wildman–Crippen LogP) is 5.01. The Hall–Kier alpha value is -2.04. The maximum atomic E-state index is 5.24. The number of hydrogen-bond donors (Lipinski definition) is 2. The molecule has 0 aromatic heterocycles. The summed E-state index contributed by atoms with van der Waals surface area (Å²) in [5.74, 6) is 1.85. The second kappa shape index (κ2) is 14.1. The lowest BCUT2D eigenvalue weighted by Gasteiger charge is -2.20. The van der Waals surface area contributed by atoms with Gasteiger partial charge < -0.3 is 20.1 Å². The minimum Gasteiger partial charge on any atom is -0.497 e. The van der Waals surface area contributed by atoms with Gasteiger partial charge in [-0.3, -0.25) is 0 Å². The Labute approximate surface area is 183 Å². The van der Waals surface area contributed by atoms with Crippen LogP contribution < -0.4 is 20.1 Å². The molecule has 0 saturated heterocycles. The van der Waals surface area contributed by atoms with Crippen LogP contribution in [0, 0.1) is 0 Å². The Kier molecular flexibility index (Phi) is 11.3. The van der Waals surface area contributed by atoms with Gasteiger partial charge in [-0.25, -0.2) is 0 Å². The van der Waals surface area contributed by atoms with Gasteiger partial charge in [-0.1, -0.05) is 38.1 Å². The van der Waals surface area contributed by atoms with E-state index in [1.165, 1.54) is 11.1 Å². The van der Waals surface area contributed by atoms with Crippen molar-refractivity contribution in [2.45, 2.75) is 64.5 Å². The molecule has 2 aromatic rings. The van der Waals surface area contributed by atoms with E-state index >= 15 is 0 Å². The van der Waals surface area contributed by atoms with E-state index in [0.29, 0.717) is 12.1 Å². The highest BCUT2D eigenvalue weighted by atomic mass is 16.5. The molecule has 0 fully saturated rings. The molecule has 2 N–H and O–H groups in total. The van der Waals surface area contributed by atoms with E-state index < -0.39 is 0 Å². The second-order valence-corrected chi connectivity index (χ2v) is 7.89. The Bertz CT molecular complexity index is 624. The first-order valence-electron chi connectivity index (χ1n) is 11.4. The zero-order chi connectivity index (χ0) is 21.6. The minimum atomic E-state index is 0.563. The molecule has 0 saturated carbocycles. The molecule has 30 heavy (non-hydrogen) atoms. The monoisotopic (exact) mass is 412 g/mol. The van der Waals surface area contributed by atoms with Crippen molar-refractivity contribution in [2.75, 3.05) is 27.3 Å². The quantitative estimate of drug-likeness (QED) is 0.404. The van der Waals surface area contributed by atoms with Crippen molar-refractivity contribution in [2.24, 2.45) is 0 Å². The van der Waals surface area contributed by atoms with E-state index in [1.54, 1.807) is 14.2 Å². The molecule has 2 atom stereocenters. The standard InChI is InChI=1S/C26H40N2O2/c1-5-23(13-7-21-9-15-25(29-3)16-10-21)27-19-20-28-24(6-2)14-8-22-11-17-26(30-4)18-12-22/h9-12,15-18,23-24,27-28H,5-8,13-14,19-20H2,1-4H3. The first kappa shape index (κ1) is 24.2. The van der Waals surface area contributed by atoms with Crippen LogP contribution >= 0.6 is 0 Å². The largest absolute Gasteiger partial charge is 0.497 e. The van der Waals surface area contributed by atoms with Gasteiger partial charge in [0.05, 0.1) is 14.2 Å². The fourth-order valence-corrected chi connectivity index (χ4v) is 3.72. The molecule has 0 bridgehead atoms. The fourth-order valence-electron chi connectivity index (χ4n) is 3.72. The normalized spacial score (nSPS) is 13.1. The minimum absolute atomic E-state index is 0.563. The van der Waals surface area contributed by atoms with Crippen LogP contribution in [-0.4, -0.2) is 39.4 Å². The SMILES string of the molecule is CCC(CCc1ccc(OC)cc1)NCCNC(CC)CCc1ccc(OC)cc1. The van der Waals surface area contributed by atoms with Crippen molar-refractivity contribution in [1.82, 2.24) is 10.6 Å². The van der Waals surface area contributed by atoms with E-state index in [2.05, 4.69) is 48.7 Å². The topological polar surface area (TPSA) is 42.5 Å². The molecule has 0 amide bonds. The molecule has 2 unspecified atom stereocenters. The summed E-state index contributed by atoms with van der Waals surface area (Å²) >= 11 is 0. The van der Waals surface area contributed by atoms with E-state index in [9.17, 15) is 0 Å². The Morgan fingerprint density at radius 3 is 1.30 bits per heavy atom. The molecule has 0 radical (unpaired) electrons. The molecular formula is C26H40N2O2.